The Balaban J connectivity index is 2.12. The standard InChI is InChI=1S/C26H29NO7/c1-16(2)33-20-10-6-9-19(15-20)24(29)22-23(18-8-5-11-21(14-18)34-17(3)28)27(12-7-13-32-4)26(31)25(22)30/h5-6,8-11,14-16,23,29H,7,12-13H2,1-4H3/b24-22-. The third kappa shape index (κ3) is 5.63. The van der Waals surface area contributed by atoms with Crippen LogP contribution in [0.15, 0.2) is 54.1 Å². The van der Waals surface area contributed by atoms with Gasteiger partial charge in [0.25, 0.3) is 11.7 Å². The average molecular weight is 468 g/mol. The van der Waals surface area contributed by atoms with E-state index in [1.807, 2.05) is 13.8 Å². The largest absolute Gasteiger partial charge is 0.507 e. The maximum atomic E-state index is 13.1. The normalized spacial score (nSPS) is 17.3. The zero-order chi connectivity index (χ0) is 24.8. The van der Waals surface area contributed by atoms with Crippen LogP contribution < -0.4 is 9.47 Å². The summed E-state index contributed by atoms with van der Waals surface area (Å²) in [5.74, 6) is -1.48. The van der Waals surface area contributed by atoms with Crippen molar-refractivity contribution in [1.82, 2.24) is 4.90 Å². The van der Waals surface area contributed by atoms with Crippen LogP contribution in [0.25, 0.3) is 5.76 Å². The highest BCUT2D eigenvalue weighted by atomic mass is 16.5. The van der Waals surface area contributed by atoms with Crippen molar-refractivity contribution in [3.63, 3.8) is 0 Å². The zero-order valence-corrected chi connectivity index (χ0v) is 19.7. The fraction of sp³-hybridized carbons (Fsp3) is 0.346. The molecule has 0 spiro atoms. The number of methoxy groups -OCH3 is 1. The Kier molecular flexibility index (Phi) is 8.07. The first kappa shape index (κ1) is 25.0. The zero-order valence-electron chi connectivity index (χ0n) is 19.7. The number of ether oxygens (including phenoxy) is 3. The highest BCUT2D eigenvalue weighted by Crippen LogP contribution is 2.40. The van der Waals surface area contributed by atoms with E-state index in [0.29, 0.717) is 29.9 Å². The number of benzene rings is 2. The Labute approximate surface area is 198 Å². The lowest BCUT2D eigenvalue weighted by atomic mass is 9.95. The van der Waals surface area contributed by atoms with Crippen molar-refractivity contribution in [2.45, 2.75) is 39.3 Å². The topological polar surface area (TPSA) is 102 Å². The van der Waals surface area contributed by atoms with Crippen molar-refractivity contribution in [2.24, 2.45) is 0 Å². The van der Waals surface area contributed by atoms with E-state index in [0.717, 1.165) is 0 Å². The number of nitrogens with zero attached hydrogens (tertiary/aromatic N) is 1. The number of Topliss-reactive ketones (excluding diaryl/α,β-unsaturated/α-hetero) is 1. The van der Waals surface area contributed by atoms with Crippen molar-refractivity contribution < 1.29 is 33.7 Å². The first-order chi connectivity index (χ1) is 16.2. The molecule has 0 bridgehead atoms. The predicted molar refractivity (Wildman–Crippen MR) is 125 cm³/mol. The summed E-state index contributed by atoms with van der Waals surface area (Å²) in [4.78, 5) is 38.9. The number of hydrogen-bond donors (Lipinski definition) is 1. The molecule has 34 heavy (non-hydrogen) atoms. The third-order valence-corrected chi connectivity index (χ3v) is 5.20. The Morgan fingerprint density at radius 1 is 1.09 bits per heavy atom. The molecule has 1 atom stereocenters. The number of carbonyl (C=O) groups excluding carboxylic acids is 3. The van der Waals surface area contributed by atoms with Crippen molar-refractivity contribution in [1.29, 1.82) is 0 Å². The minimum absolute atomic E-state index is 0.0379. The molecule has 3 rings (SSSR count). The van der Waals surface area contributed by atoms with E-state index in [9.17, 15) is 19.5 Å². The van der Waals surface area contributed by atoms with Gasteiger partial charge in [-0.05, 0) is 50.1 Å². The number of aliphatic hydroxyl groups excluding tert-OH is 1. The van der Waals surface area contributed by atoms with Gasteiger partial charge in [0, 0.05) is 32.7 Å². The number of aliphatic hydroxyl groups is 1. The first-order valence-corrected chi connectivity index (χ1v) is 11.1. The summed E-state index contributed by atoms with van der Waals surface area (Å²) in [7, 11) is 1.56. The summed E-state index contributed by atoms with van der Waals surface area (Å²) in [6.07, 6.45) is 0.425. The van der Waals surface area contributed by atoms with Crippen LogP contribution in [0.1, 0.15) is 44.4 Å². The number of esters is 1. The molecule has 8 nitrogen and oxygen atoms in total. The SMILES string of the molecule is COCCCN1C(=O)C(=O)/C(=C(\O)c2cccc(OC(C)C)c2)C1c1cccc(OC(C)=O)c1. The lowest BCUT2D eigenvalue weighted by Gasteiger charge is -2.25. The molecule has 1 unspecified atom stereocenters. The maximum Gasteiger partial charge on any atom is 0.308 e. The van der Waals surface area contributed by atoms with Crippen LogP contribution in [0.5, 0.6) is 11.5 Å². The van der Waals surface area contributed by atoms with Gasteiger partial charge in [-0.2, -0.15) is 0 Å². The molecular weight excluding hydrogens is 438 g/mol. The van der Waals surface area contributed by atoms with E-state index in [4.69, 9.17) is 14.2 Å². The van der Waals surface area contributed by atoms with Crippen LogP contribution >= 0.6 is 0 Å². The molecule has 0 saturated carbocycles. The number of amides is 1. The minimum atomic E-state index is -0.859. The van der Waals surface area contributed by atoms with Crippen LogP contribution in [0.4, 0.5) is 0 Å². The van der Waals surface area contributed by atoms with Crippen LogP contribution in [-0.4, -0.2) is 54.0 Å². The molecule has 1 heterocycles. The van der Waals surface area contributed by atoms with Crippen molar-refractivity contribution in [2.75, 3.05) is 20.3 Å². The van der Waals surface area contributed by atoms with Crippen LogP contribution in [0.2, 0.25) is 0 Å². The molecule has 180 valence electrons. The molecular formula is C26H29NO7. The summed E-state index contributed by atoms with van der Waals surface area (Å²) in [5, 5.41) is 11.2. The molecule has 1 amide bonds. The Morgan fingerprint density at radius 3 is 2.47 bits per heavy atom. The van der Waals surface area contributed by atoms with Gasteiger partial charge in [-0.15, -0.1) is 0 Å². The summed E-state index contributed by atoms with van der Waals surface area (Å²) in [5.41, 5.74) is 0.852. The van der Waals surface area contributed by atoms with Gasteiger partial charge in [-0.25, -0.2) is 0 Å². The fourth-order valence-corrected chi connectivity index (χ4v) is 3.89. The number of ketones is 1. The van der Waals surface area contributed by atoms with Crippen molar-refractivity contribution in [3.8, 4) is 11.5 Å². The van der Waals surface area contributed by atoms with Gasteiger partial charge in [0.15, 0.2) is 0 Å². The van der Waals surface area contributed by atoms with E-state index < -0.39 is 23.7 Å². The number of likely N-dealkylation sites (tertiary alicyclic amines) is 1. The quantitative estimate of drug-likeness (QED) is 0.149. The molecule has 1 N–H and O–H groups in total. The highest BCUT2D eigenvalue weighted by molar-refractivity contribution is 6.46. The Bertz CT molecular complexity index is 1110. The molecule has 0 aromatic heterocycles. The van der Waals surface area contributed by atoms with Gasteiger partial charge < -0.3 is 24.2 Å². The average Bonchev–Trinajstić information content (AvgIpc) is 3.03. The second kappa shape index (κ2) is 11.0. The number of carbonyl (C=O) groups is 3. The Hall–Kier alpha value is -3.65. The molecule has 1 aliphatic rings. The van der Waals surface area contributed by atoms with Gasteiger partial charge in [0.1, 0.15) is 17.3 Å². The van der Waals surface area contributed by atoms with E-state index in [1.54, 1.807) is 55.6 Å². The lowest BCUT2D eigenvalue weighted by Crippen LogP contribution is -2.31. The molecule has 0 radical (unpaired) electrons. The fourth-order valence-electron chi connectivity index (χ4n) is 3.89. The van der Waals surface area contributed by atoms with Crippen molar-refractivity contribution >= 4 is 23.4 Å². The molecule has 1 saturated heterocycles. The van der Waals surface area contributed by atoms with Crippen LogP contribution in [0, 0.1) is 0 Å². The van der Waals surface area contributed by atoms with Gasteiger partial charge in [-0.1, -0.05) is 24.3 Å². The second-order valence-electron chi connectivity index (χ2n) is 8.20. The Morgan fingerprint density at radius 2 is 1.79 bits per heavy atom. The molecule has 1 aliphatic heterocycles. The van der Waals surface area contributed by atoms with Crippen molar-refractivity contribution in [3.05, 3.63) is 65.2 Å². The lowest BCUT2D eigenvalue weighted by molar-refractivity contribution is -0.140. The van der Waals surface area contributed by atoms with Crippen LogP contribution in [0.3, 0.4) is 0 Å². The molecule has 2 aromatic carbocycles. The molecule has 8 heteroatoms. The summed E-state index contributed by atoms with van der Waals surface area (Å²) in [6, 6.07) is 12.5. The van der Waals surface area contributed by atoms with Gasteiger partial charge >= 0.3 is 5.97 Å². The van der Waals surface area contributed by atoms with Gasteiger partial charge in [0.2, 0.25) is 0 Å². The van der Waals surface area contributed by atoms with E-state index in [2.05, 4.69) is 0 Å². The summed E-state index contributed by atoms with van der Waals surface area (Å²) >= 11 is 0. The van der Waals surface area contributed by atoms with Crippen LogP contribution in [-0.2, 0) is 19.1 Å². The smallest absolute Gasteiger partial charge is 0.308 e. The maximum absolute atomic E-state index is 13.1. The summed E-state index contributed by atoms with van der Waals surface area (Å²) < 4.78 is 16.0. The molecule has 1 fully saturated rings. The molecule has 2 aromatic rings. The summed E-state index contributed by atoms with van der Waals surface area (Å²) in [6.45, 7) is 5.70. The van der Waals surface area contributed by atoms with E-state index >= 15 is 0 Å². The number of hydrogen-bond acceptors (Lipinski definition) is 7. The van der Waals surface area contributed by atoms with Gasteiger partial charge in [0.05, 0.1) is 17.7 Å². The number of rotatable bonds is 9. The third-order valence-electron chi connectivity index (χ3n) is 5.20. The highest BCUT2D eigenvalue weighted by Gasteiger charge is 2.46. The van der Waals surface area contributed by atoms with E-state index in [1.165, 1.54) is 11.8 Å². The monoisotopic (exact) mass is 467 g/mol. The minimum Gasteiger partial charge on any atom is -0.507 e. The first-order valence-electron chi connectivity index (χ1n) is 11.1. The second-order valence-corrected chi connectivity index (χ2v) is 8.20. The van der Waals surface area contributed by atoms with Gasteiger partial charge in [-0.3, -0.25) is 14.4 Å². The molecule has 0 aliphatic carbocycles. The predicted octanol–water partition coefficient (Wildman–Crippen LogP) is 3.86. The van der Waals surface area contributed by atoms with E-state index in [-0.39, 0.29) is 29.7 Å².